The van der Waals surface area contributed by atoms with Gasteiger partial charge in [-0.2, -0.15) is 5.10 Å². The number of nitrogens with zero attached hydrogens (tertiary/aromatic N) is 3. The highest BCUT2D eigenvalue weighted by Crippen LogP contribution is 2.22. The van der Waals surface area contributed by atoms with E-state index >= 15 is 0 Å². The smallest absolute Gasteiger partial charge is 0.0902 e. The van der Waals surface area contributed by atoms with Gasteiger partial charge in [0.1, 0.15) is 0 Å². The Morgan fingerprint density at radius 2 is 2.05 bits per heavy atom. The number of aromatic nitrogens is 2. The second-order valence-corrected chi connectivity index (χ2v) is 5.21. The summed E-state index contributed by atoms with van der Waals surface area (Å²) in [4.78, 5) is 2.33. The Morgan fingerprint density at radius 3 is 2.89 bits per heavy atom. The molecule has 4 heteroatoms. The molecule has 1 aromatic carbocycles. The Balaban J connectivity index is 1.74. The largest absolute Gasteiger partial charge is 0.378 e. The zero-order valence-corrected chi connectivity index (χ0v) is 11.5. The first-order chi connectivity index (χ1) is 9.24. The van der Waals surface area contributed by atoms with Gasteiger partial charge in [-0.05, 0) is 29.8 Å². The highest BCUT2D eigenvalue weighted by atomic mass is 16.5. The second-order valence-electron chi connectivity index (χ2n) is 5.21. The molecule has 1 aliphatic rings. The molecule has 0 N–H and O–H groups in total. The van der Waals surface area contributed by atoms with Gasteiger partial charge in [0.15, 0.2) is 0 Å². The van der Waals surface area contributed by atoms with Crippen molar-refractivity contribution in [2.24, 2.45) is 0 Å². The Bertz CT molecular complexity index is 577. The lowest BCUT2D eigenvalue weighted by atomic mass is 10.1. The van der Waals surface area contributed by atoms with Crippen LogP contribution in [0.2, 0.25) is 0 Å². The summed E-state index contributed by atoms with van der Waals surface area (Å²) in [7, 11) is 3.85. The lowest BCUT2D eigenvalue weighted by molar-refractivity contribution is 0.181. The van der Waals surface area contributed by atoms with Crippen LogP contribution in [0.25, 0.3) is 0 Å². The van der Waals surface area contributed by atoms with Gasteiger partial charge in [0, 0.05) is 26.4 Å². The lowest BCUT2D eigenvalue weighted by Gasteiger charge is -2.05. The number of rotatable bonds is 4. The molecule has 0 radical (unpaired) electrons. The molecule has 0 fully saturated rings. The molecule has 4 nitrogen and oxygen atoms in total. The van der Waals surface area contributed by atoms with E-state index < -0.39 is 0 Å². The monoisotopic (exact) mass is 257 g/mol. The molecule has 0 amide bonds. The van der Waals surface area contributed by atoms with Crippen LogP contribution >= 0.6 is 0 Å². The number of fused-ring (bicyclic) bond motifs is 1. The first kappa shape index (κ1) is 12.4. The maximum atomic E-state index is 5.08. The molecule has 1 aliphatic heterocycles. The van der Waals surface area contributed by atoms with E-state index in [0.29, 0.717) is 6.61 Å². The zero-order valence-electron chi connectivity index (χ0n) is 11.5. The van der Waals surface area contributed by atoms with E-state index in [1.807, 2.05) is 16.9 Å². The van der Waals surface area contributed by atoms with Crippen LogP contribution in [0.5, 0.6) is 0 Å². The Kier molecular flexibility index (Phi) is 3.36. The summed E-state index contributed by atoms with van der Waals surface area (Å²) >= 11 is 0. The van der Waals surface area contributed by atoms with Crippen molar-refractivity contribution in [3.05, 3.63) is 52.8 Å². The lowest BCUT2D eigenvalue weighted by Crippen LogP contribution is -2.07. The zero-order chi connectivity index (χ0) is 13.2. The van der Waals surface area contributed by atoms with Crippen LogP contribution in [-0.2, 0) is 31.0 Å². The van der Waals surface area contributed by atoms with E-state index in [1.165, 1.54) is 16.7 Å². The number of hydrogen-bond donors (Lipinski definition) is 0. The normalized spacial score (nSPS) is 14.8. The highest BCUT2D eigenvalue weighted by molar-refractivity contribution is 5.34. The van der Waals surface area contributed by atoms with Crippen LogP contribution in [0.4, 0.5) is 0 Å². The fraction of sp³-hybridized carbons (Fsp3) is 0.400. The Labute approximate surface area is 113 Å². The molecule has 2 aromatic rings. The molecule has 2 heterocycles. The number of benzene rings is 1. The first-order valence-electron chi connectivity index (χ1n) is 6.55. The molecule has 0 atom stereocenters. The highest BCUT2D eigenvalue weighted by Gasteiger charge is 2.15. The van der Waals surface area contributed by atoms with Crippen molar-refractivity contribution < 1.29 is 4.74 Å². The van der Waals surface area contributed by atoms with Gasteiger partial charge in [0.2, 0.25) is 0 Å². The SMILES string of the molecule is COCc1ccn(Cc2ccc3c(c2)CN(C)C3)n1. The van der Waals surface area contributed by atoms with E-state index in [0.717, 1.165) is 25.3 Å². The second kappa shape index (κ2) is 5.15. The average Bonchev–Trinajstić information content (AvgIpc) is 2.95. The predicted molar refractivity (Wildman–Crippen MR) is 73.7 cm³/mol. The van der Waals surface area contributed by atoms with Crippen LogP contribution in [0.1, 0.15) is 22.4 Å². The fourth-order valence-electron chi connectivity index (χ4n) is 2.62. The Hall–Kier alpha value is -1.65. The van der Waals surface area contributed by atoms with E-state index in [4.69, 9.17) is 4.74 Å². The molecule has 0 spiro atoms. The van der Waals surface area contributed by atoms with Crippen molar-refractivity contribution in [1.82, 2.24) is 14.7 Å². The average molecular weight is 257 g/mol. The van der Waals surface area contributed by atoms with E-state index in [-0.39, 0.29) is 0 Å². The molecule has 100 valence electrons. The summed E-state index contributed by atoms with van der Waals surface area (Å²) in [6.07, 6.45) is 2.01. The van der Waals surface area contributed by atoms with Crippen LogP contribution in [0, 0.1) is 0 Å². The quantitative estimate of drug-likeness (QED) is 0.839. The minimum Gasteiger partial charge on any atom is -0.378 e. The number of ether oxygens (including phenoxy) is 1. The fourth-order valence-corrected chi connectivity index (χ4v) is 2.62. The molecule has 0 aliphatic carbocycles. The molecule has 0 saturated carbocycles. The molecular formula is C15H19N3O. The van der Waals surface area contributed by atoms with Crippen molar-refractivity contribution in [3.8, 4) is 0 Å². The number of hydrogen-bond acceptors (Lipinski definition) is 3. The van der Waals surface area contributed by atoms with E-state index in [2.05, 4.69) is 35.2 Å². The molecule has 3 rings (SSSR count). The van der Waals surface area contributed by atoms with Crippen molar-refractivity contribution in [1.29, 1.82) is 0 Å². The van der Waals surface area contributed by atoms with Gasteiger partial charge in [-0.15, -0.1) is 0 Å². The summed E-state index contributed by atoms with van der Waals surface area (Å²) in [6.45, 7) is 3.51. The maximum absolute atomic E-state index is 5.08. The van der Waals surface area contributed by atoms with Gasteiger partial charge < -0.3 is 4.74 Å². The Morgan fingerprint density at radius 1 is 1.21 bits per heavy atom. The minimum atomic E-state index is 0.571. The van der Waals surface area contributed by atoms with Crippen molar-refractivity contribution in [3.63, 3.8) is 0 Å². The maximum Gasteiger partial charge on any atom is 0.0902 e. The summed E-state index contributed by atoms with van der Waals surface area (Å²) < 4.78 is 7.05. The third-order valence-electron chi connectivity index (χ3n) is 3.48. The molecule has 1 aromatic heterocycles. The molecule has 19 heavy (non-hydrogen) atoms. The number of methoxy groups -OCH3 is 1. The van der Waals surface area contributed by atoms with Gasteiger partial charge >= 0.3 is 0 Å². The summed E-state index contributed by atoms with van der Waals surface area (Å²) in [5, 5.41) is 4.49. The first-order valence-corrected chi connectivity index (χ1v) is 6.55. The molecule has 0 bridgehead atoms. The third kappa shape index (κ3) is 2.69. The van der Waals surface area contributed by atoms with Crippen LogP contribution in [0.3, 0.4) is 0 Å². The van der Waals surface area contributed by atoms with E-state index in [1.54, 1.807) is 7.11 Å². The van der Waals surface area contributed by atoms with Crippen molar-refractivity contribution >= 4 is 0 Å². The third-order valence-corrected chi connectivity index (χ3v) is 3.48. The topological polar surface area (TPSA) is 30.3 Å². The summed E-state index contributed by atoms with van der Waals surface area (Å²) in [6, 6.07) is 8.75. The van der Waals surface area contributed by atoms with Crippen molar-refractivity contribution in [2.75, 3.05) is 14.2 Å². The van der Waals surface area contributed by atoms with Gasteiger partial charge in [0.05, 0.1) is 18.8 Å². The van der Waals surface area contributed by atoms with Crippen LogP contribution in [-0.4, -0.2) is 28.8 Å². The van der Waals surface area contributed by atoms with Gasteiger partial charge in [-0.1, -0.05) is 18.2 Å². The predicted octanol–water partition coefficient (Wildman–Crippen LogP) is 2.02. The molecule has 0 saturated heterocycles. The molecule has 0 unspecified atom stereocenters. The van der Waals surface area contributed by atoms with Crippen LogP contribution < -0.4 is 0 Å². The van der Waals surface area contributed by atoms with Crippen LogP contribution in [0.15, 0.2) is 30.5 Å². The van der Waals surface area contributed by atoms with Gasteiger partial charge in [-0.3, -0.25) is 9.58 Å². The summed E-state index contributed by atoms with van der Waals surface area (Å²) in [5.74, 6) is 0. The molecular weight excluding hydrogens is 238 g/mol. The van der Waals surface area contributed by atoms with Gasteiger partial charge in [0.25, 0.3) is 0 Å². The van der Waals surface area contributed by atoms with Crippen molar-refractivity contribution in [2.45, 2.75) is 26.2 Å². The van der Waals surface area contributed by atoms with Gasteiger partial charge in [-0.25, -0.2) is 0 Å². The summed E-state index contributed by atoms with van der Waals surface area (Å²) in [5.41, 5.74) is 5.18. The standard InChI is InChI=1S/C15H19N3O/c1-17-9-13-4-3-12(7-14(13)10-17)8-18-6-5-15(16-18)11-19-2/h3-7H,8-11H2,1-2H3. The van der Waals surface area contributed by atoms with E-state index in [9.17, 15) is 0 Å². The minimum absolute atomic E-state index is 0.571.